The molecular formula is C15H23F3N2O. The van der Waals surface area contributed by atoms with Crippen LogP contribution in [0, 0.1) is 5.92 Å². The van der Waals surface area contributed by atoms with Crippen LogP contribution in [-0.2, 0) is 6.54 Å². The lowest BCUT2D eigenvalue weighted by Crippen LogP contribution is -2.41. The highest BCUT2D eigenvalue weighted by Crippen LogP contribution is 2.26. The molecule has 1 rings (SSSR count). The number of ether oxygens (including phenoxy) is 1. The van der Waals surface area contributed by atoms with Gasteiger partial charge < -0.3 is 15.0 Å². The fraction of sp³-hybridized carbons (Fsp3) is 0.600. The molecule has 120 valence electrons. The Balaban J connectivity index is 2.63. The molecule has 6 heteroatoms. The van der Waals surface area contributed by atoms with Crippen LogP contribution in [-0.4, -0.2) is 37.9 Å². The molecule has 3 nitrogen and oxygen atoms in total. The molecule has 0 saturated heterocycles. The van der Waals surface area contributed by atoms with Gasteiger partial charge in [-0.2, -0.15) is 0 Å². The second kappa shape index (κ2) is 7.66. The summed E-state index contributed by atoms with van der Waals surface area (Å²) in [7, 11) is 3.99. The second-order valence-electron chi connectivity index (χ2n) is 5.56. The summed E-state index contributed by atoms with van der Waals surface area (Å²) >= 11 is 0. The second-order valence-corrected chi connectivity index (χ2v) is 5.56. The number of hydrogen-bond donors (Lipinski definition) is 1. The van der Waals surface area contributed by atoms with Gasteiger partial charge in [-0.25, -0.2) is 0 Å². The Labute approximate surface area is 124 Å². The van der Waals surface area contributed by atoms with Crippen molar-refractivity contribution in [1.29, 1.82) is 0 Å². The van der Waals surface area contributed by atoms with E-state index in [1.54, 1.807) is 12.1 Å². The van der Waals surface area contributed by atoms with Crippen molar-refractivity contribution in [2.45, 2.75) is 32.8 Å². The number of hydrogen-bond acceptors (Lipinski definition) is 3. The van der Waals surface area contributed by atoms with Gasteiger partial charge in [0.1, 0.15) is 5.75 Å². The predicted molar refractivity (Wildman–Crippen MR) is 77.1 cm³/mol. The third kappa shape index (κ3) is 6.35. The zero-order valence-corrected chi connectivity index (χ0v) is 12.9. The van der Waals surface area contributed by atoms with E-state index in [-0.39, 0.29) is 5.75 Å². The minimum absolute atomic E-state index is 0.150. The van der Waals surface area contributed by atoms with Gasteiger partial charge >= 0.3 is 6.36 Å². The van der Waals surface area contributed by atoms with Crippen LogP contribution < -0.4 is 10.1 Å². The SMILES string of the molecule is CC(C)C(CNCc1ccccc1OC(F)(F)F)N(C)C. The summed E-state index contributed by atoms with van der Waals surface area (Å²) in [5.74, 6) is 0.303. The molecule has 0 aliphatic rings. The first-order valence-corrected chi connectivity index (χ1v) is 6.91. The molecule has 1 aromatic rings. The Morgan fingerprint density at radius 2 is 1.81 bits per heavy atom. The first kappa shape index (κ1) is 17.8. The van der Waals surface area contributed by atoms with Gasteiger partial charge in [0.2, 0.25) is 0 Å². The molecule has 0 aliphatic carbocycles. The van der Waals surface area contributed by atoms with Gasteiger partial charge in [0.15, 0.2) is 0 Å². The molecule has 0 spiro atoms. The van der Waals surface area contributed by atoms with E-state index in [0.29, 0.717) is 30.6 Å². The van der Waals surface area contributed by atoms with E-state index in [9.17, 15) is 13.2 Å². The van der Waals surface area contributed by atoms with Crippen molar-refractivity contribution >= 4 is 0 Å². The van der Waals surface area contributed by atoms with Gasteiger partial charge in [0, 0.05) is 24.7 Å². The fourth-order valence-corrected chi connectivity index (χ4v) is 2.24. The van der Waals surface area contributed by atoms with Crippen LogP contribution in [0.15, 0.2) is 24.3 Å². The molecule has 0 aromatic heterocycles. The molecule has 1 N–H and O–H groups in total. The monoisotopic (exact) mass is 304 g/mol. The number of rotatable bonds is 7. The Kier molecular flexibility index (Phi) is 6.48. The van der Waals surface area contributed by atoms with Gasteiger partial charge in [-0.05, 0) is 26.1 Å². The highest BCUT2D eigenvalue weighted by molar-refractivity contribution is 5.33. The minimum atomic E-state index is -4.67. The molecule has 1 aromatic carbocycles. The first-order valence-electron chi connectivity index (χ1n) is 6.91. The van der Waals surface area contributed by atoms with Gasteiger partial charge in [0.25, 0.3) is 0 Å². The fourth-order valence-electron chi connectivity index (χ4n) is 2.24. The van der Waals surface area contributed by atoms with Crippen molar-refractivity contribution in [2.75, 3.05) is 20.6 Å². The van der Waals surface area contributed by atoms with Crippen LogP contribution >= 0.6 is 0 Å². The standard InChI is InChI=1S/C15H23F3N2O/c1-11(2)13(20(3)4)10-19-9-12-7-5-6-8-14(12)21-15(16,17)18/h5-8,11,13,19H,9-10H2,1-4H3. The lowest BCUT2D eigenvalue weighted by Gasteiger charge is -2.28. The molecule has 0 fully saturated rings. The van der Waals surface area contributed by atoms with E-state index in [1.807, 2.05) is 14.1 Å². The lowest BCUT2D eigenvalue weighted by atomic mass is 10.0. The normalized spacial score (nSPS) is 13.8. The first-order chi connectivity index (χ1) is 9.70. The lowest BCUT2D eigenvalue weighted by molar-refractivity contribution is -0.274. The van der Waals surface area contributed by atoms with E-state index in [1.165, 1.54) is 12.1 Å². The Morgan fingerprint density at radius 3 is 2.33 bits per heavy atom. The van der Waals surface area contributed by atoms with Crippen LogP contribution in [0.2, 0.25) is 0 Å². The van der Waals surface area contributed by atoms with Crippen molar-refractivity contribution in [1.82, 2.24) is 10.2 Å². The summed E-state index contributed by atoms with van der Waals surface area (Å²) in [5, 5.41) is 3.20. The highest BCUT2D eigenvalue weighted by atomic mass is 19.4. The number of para-hydroxylation sites is 1. The average Bonchev–Trinajstić information content (AvgIpc) is 2.33. The Hall–Kier alpha value is -1.27. The molecule has 1 unspecified atom stereocenters. The van der Waals surface area contributed by atoms with Gasteiger partial charge in [-0.3, -0.25) is 0 Å². The molecule has 0 saturated carbocycles. The number of benzene rings is 1. The molecular weight excluding hydrogens is 281 g/mol. The van der Waals surface area contributed by atoms with E-state index >= 15 is 0 Å². The van der Waals surface area contributed by atoms with Crippen LogP contribution in [0.4, 0.5) is 13.2 Å². The Bertz CT molecular complexity index is 425. The molecule has 0 radical (unpaired) electrons. The molecule has 0 aliphatic heterocycles. The van der Waals surface area contributed by atoms with Crippen molar-refractivity contribution in [3.8, 4) is 5.75 Å². The zero-order valence-electron chi connectivity index (χ0n) is 12.9. The topological polar surface area (TPSA) is 24.5 Å². The van der Waals surface area contributed by atoms with Crippen molar-refractivity contribution < 1.29 is 17.9 Å². The minimum Gasteiger partial charge on any atom is -0.405 e. The van der Waals surface area contributed by atoms with E-state index < -0.39 is 6.36 Å². The van der Waals surface area contributed by atoms with Gasteiger partial charge in [-0.1, -0.05) is 32.0 Å². The summed E-state index contributed by atoms with van der Waals surface area (Å²) < 4.78 is 41.0. The smallest absolute Gasteiger partial charge is 0.405 e. The van der Waals surface area contributed by atoms with Gasteiger partial charge in [-0.15, -0.1) is 13.2 Å². The maximum Gasteiger partial charge on any atom is 0.573 e. The van der Waals surface area contributed by atoms with Crippen molar-refractivity contribution in [2.24, 2.45) is 5.92 Å². The maximum atomic E-state index is 12.3. The van der Waals surface area contributed by atoms with E-state index in [2.05, 4.69) is 28.8 Å². The maximum absolute atomic E-state index is 12.3. The molecule has 21 heavy (non-hydrogen) atoms. The molecule has 0 heterocycles. The Morgan fingerprint density at radius 1 is 1.19 bits per heavy atom. The summed E-state index contributed by atoms with van der Waals surface area (Å²) in [6, 6.07) is 6.51. The third-order valence-corrected chi connectivity index (χ3v) is 3.30. The summed E-state index contributed by atoms with van der Waals surface area (Å²) in [5.41, 5.74) is 0.496. The van der Waals surface area contributed by atoms with Crippen LogP contribution in [0.1, 0.15) is 19.4 Å². The third-order valence-electron chi connectivity index (χ3n) is 3.30. The summed E-state index contributed by atoms with van der Waals surface area (Å²) in [6.07, 6.45) is -4.67. The largest absolute Gasteiger partial charge is 0.573 e. The highest BCUT2D eigenvalue weighted by Gasteiger charge is 2.31. The van der Waals surface area contributed by atoms with Crippen molar-refractivity contribution in [3.63, 3.8) is 0 Å². The number of nitrogens with zero attached hydrogens (tertiary/aromatic N) is 1. The summed E-state index contributed by atoms with van der Waals surface area (Å²) in [6.45, 7) is 5.27. The number of halogens is 3. The number of likely N-dealkylation sites (N-methyl/N-ethyl adjacent to an activating group) is 1. The number of alkyl halides is 3. The molecule has 0 amide bonds. The van der Waals surface area contributed by atoms with Gasteiger partial charge in [0.05, 0.1) is 0 Å². The average molecular weight is 304 g/mol. The quantitative estimate of drug-likeness (QED) is 0.837. The zero-order chi connectivity index (χ0) is 16.0. The van der Waals surface area contributed by atoms with E-state index in [0.717, 1.165) is 0 Å². The summed E-state index contributed by atoms with van der Waals surface area (Å²) in [4.78, 5) is 2.11. The molecule has 0 bridgehead atoms. The number of nitrogens with one attached hydrogen (secondary N) is 1. The van der Waals surface area contributed by atoms with Crippen LogP contribution in [0.5, 0.6) is 5.75 Å². The van der Waals surface area contributed by atoms with Crippen LogP contribution in [0.25, 0.3) is 0 Å². The van der Waals surface area contributed by atoms with Crippen molar-refractivity contribution in [3.05, 3.63) is 29.8 Å². The van der Waals surface area contributed by atoms with E-state index in [4.69, 9.17) is 0 Å². The van der Waals surface area contributed by atoms with Crippen LogP contribution in [0.3, 0.4) is 0 Å². The predicted octanol–water partition coefficient (Wildman–Crippen LogP) is 3.26. The molecule has 1 atom stereocenters.